The van der Waals surface area contributed by atoms with Crippen molar-refractivity contribution in [1.82, 2.24) is 9.88 Å². The number of hydrogen-bond acceptors (Lipinski definition) is 9. The van der Waals surface area contributed by atoms with Crippen molar-refractivity contribution in [2.45, 2.75) is 94.6 Å². The van der Waals surface area contributed by atoms with Crippen LogP contribution in [0.15, 0.2) is 54.9 Å². The highest BCUT2D eigenvalue weighted by molar-refractivity contribution is 6.34. The van der Waals surface area contributed by atoms with E-state index >= 15 is 0 Å². The van der Waals surface area contributed by atoms with E-state index in [1.54, 1.807) is 13.1 Å². The molecule has 2 aliphatic carbocycles. The monoisotopic (exact) mass is 716 g/mol. The summed E-state index contributed by atoms with van der Waals surface area (Å²) in [6.45, 7) is 1.03. The topological polar surface area (TPSA) is 153 Å². The molecule has 0 bridgehead atoms. The molecule has 1 amide bonds. The van der Waals surface area contributed by atoms with Gasteiger partial charge < -0.3 is 39.9 Å². The molecule has 1 unspecified atom stereocenters. The highest BCUT2D eigenvalue weighted by Gasteiger charge is 2.48. The lowest BCUT2D eigenvalue weighted by molar-refractivity contribution is -0.141. The summed E-state index contributed by atoms with van der Waals surface area (Å²) in [6, 6.07) is 13.8. The minimum absolute atomic E-state index is 0.246. The first-order chi connectivity index (χ1) is 23.4. The van der Waals surface area contributed by atoms with Gasteiger partial charge in [0.1, 0.15) is 30.2 Å². The van der Waals surface area contributed by atoms with Gasteiger partial charge in [-0.05, 0) is 85.9 Å². The van der Waals surface area contributed by atoms with Crippen LogP contribution in [0.3, 0.4) is 0 Å². The highest BCUT2D eigenvalue weighted by atomic mass is 35.5. The van der Waals surface area contributed by atoms with E-state index in [1.807, 2.05) is 42.6 Å². The average molecular weight is 718 g/mol. The predicted octanol–water partition coefficient (Wildman–Crippen LogP) is 4.66. The van der Waals surface area contributed by atoms with Gasteiger partial charge in [-0.15, -0.1) is 0 Å². The fraction of sp³-hybridized carbons (Fsp3) is 0.514. The van der Waals surface area contributed by atoms with Gasteiger partial charge in [-0.25, -0.2) is 0 Å². The van der Waals surface area contributed by atoms with Crippen LogP contribution >= 0.6 is 23.2 Å². The van der Waals surface area contributed by atoms with Crippen LogP contribution in [0.25, 0.3) is 11.1 Å². The molecule has 2 aromatic carbocycles. The number of amides is 1. The molecule has 0 radical (unpaired) electrons. The largest absolute Gasteiger partial charge is 0.490 e. The molecule has 0 aliphatic heterocycles. The van der Waals surface area contributed by atoms with Crippen LogP contribution in [0.4, 0.5) is 0 Å². The number of para-hydroxylation sites is 1. The molecule has 1 heterocycles. The minimum atomic E-state index is -1.75. The summed E-state index contributed by atoms with van der Waals surface area (Å²) in [5, 5.41) is 49.7. The maximum Gasteiger partial charge on any atom is 0.225 e. The van der Waals surface area contributed by atoms with Crippen molar-refractivity contribution in [1.29, 1.82) is 0 Å². The van der Waals surface area contributed by atoms with Gasteiger partial charge in [0.05, 0.1) is 24.9 Å². The number of likely N-dealkylation sites (N-methyl/N-ethyl adjacent to an activating group) is 1. The second-order valence-electron chi connectivity index (χ2n) is 13.4. The van der Waals surface area contributed by atoms with Gasteiger partial charge in [0.2, 0.25) is 5.91 Å². The van der Waals surface area contributed by atoms with Gasteiger partial charge in [-0.3, -0.25) is 9.78 Å². The third-order valence-electron chi connectivity index (χ3n) is 9.40. The van der Waals surface area contributed by atoms with Gasteiger partial charge in [0, 0.05) is 53.1 Å². The average Bonchev–Trinajstić information content (AvgIpc) is 4.05. The summed E-state index contributed by atoms with van der Waals surface area (Å²) in [4.78, 5) is 18.6. The zero-order valence-electron chi connectivity index (χ0n) is 27.8. The quantitative estimate of drug-likeness (QED) is 0.127. The zero-order chi connectivity index (χ0) is 35.3. The minimum Gasteiger partial charge on any atom is -0.490 e. The van der Waals surface area contributed by atoms with Crippen LogP contribution in [0.2, 0.25) is 10.0 Å². The third-order valence-corrected chi connectivity index (χ3v) is 10.1. The van der Waals surface area contributed by atoms with Crippen molar-refractivity contribution in [3.63, 3.8) is 0 Å². The number of aliphatic hydroxyl groups is 5. The molecule has 5 atom stereocenters. The van der Waals surface area contributed by atoms with Crippen LogP contribution in [0.1, 0.15) is 62.1 Å². The van der Waals surface area contributed by atoms with E-state index in [0.717, 1.165) is 59.3 Å². The number of nitrogens with zero attached hydrogens (tertiary/aromatic N) is 2. The molecule has 1 aromatic heterocycles. The van der Waals surface area contributed by atoms with E-state index in [1.165, 1.54) is 11.9 Å². The lowest BCUT2D eigenvalue weighted by atomic mass is 9.96. The predicted molar refractivity (Wildman–Crippen MR) is 186 cm³/mol. The number of rotatable bonds is 18. The number of hydrogen-bond donors (Lipinski definition) is 5. The van der Waals surface area contributed by atoms with Gasteiger partial charge in [0.15, 0.2) is 0 Å². The van der Waals surface area contributed by atoms with Crippen molar-refractivity contribution >= 4 is 29.1 Å². The molecule has 0 spiro atoms. The Labute approximate surface area is 297 Å². The van der Waals surface area contributed by atoms with Crippen molar-refractivity contribution in [3.8, 4) is 16.9 Å². The number of halogens is 2. The molecule has 49 heavy (non-hydrogen) atoms. The summed E-state index contributed by atoms with van der Waals surface area (Å²) in [7, 11) is 1.49. The van der Waals surface area contributed by atoms with Crippen LogP contribution in [-0.4, -0.2) is 92.0 Å². The maximum absolute atomic E-state index is 12.9. The fourth-order valence-electron chi connectivity index (χ4n) is 6.04. The number of aromatic nitrogens is 1. The molecule has 2 saturated carbocycles. The summed E-state index contributed by atoms with van der Waals surface area (Å²) in [5.74, 6) is 0.240. The smallest absolute Gasteiger partial charge is 0.225 e. The Balaban J connectivity index is 1.15. The Bertz CT molecular complexity index is 1580. The van der Waals surface area contributed by atoms with E-state index in [9.17, 15) is 25.2 Å². The molecule has 12 heteroatoms. The number of aliphatic hydroxyl groups excluding tert-OH is 5. The van der Waals surface area contributed by atoms with E-state index < -0.39 is 36.6 Å². The zero-order valence-corrected chi connectivity index (χ0v) is 29.4. The molecule has 3 aromatic rings. The standard InChI is InChI=1S/C37H46Cl2N2O8/c1-22(36(47)41(2)19-31(43)34(45)35(46)32(44)20-42)6-5-7-23-16-30(39)24(17-29(23)38)21-48-37(13-14-37)28-18-40-15-12-26(28)27-8-3-4-9-33(27)49-25-10-11-25/h3-4,8-9,12,15-18,22,25,31-32,34-35,42-46H,5-7,10-11,13-14,19-21H2,1-2H3/t22?,31-,32+,34+,35+/m0/s1. The summed E-state index contributed by atoms with van der Waals surface area (Å²) >= 11 is 13.4. The van der Waals surface area contributed by atoms with Crippen LogP contribution in [-0.2, 0) is 28.2 Å². The Kier molecular flexibility index (Phi) is 12.6. The third kappa shape index (κ3) is 9.31. The first kappa shape index (κ1) is 37.5. The van der Waals surface area contributed by atoms with Crippen LogP contribution in [0, 0.1) is 5.92 Å². The number of ether oxygens (including phenoxy) is 2. The van der Waals surface area contributed by atoms with Crippen LogP contribution in [0.5, 0.6) is 5.75 Å². The SMILES string of the molecule is CC(CCCc1cc(Cl)c(COC2(c3cnccc3-c3ccccc3OC3CC3)CC2)cc1Cl)C(=O)N(C)C[C@H](O)[C@@H](O)[C@H](O)[C@H](O)CO. The van der Waals surface area contributed by atoms with Crippen molar-refractivity contribution in [2.75, 3.05) is 20.2 Å². The first-order valence-corrected chi connectivity index (χ1v) is 17.6. The number of carbonyl (C=O) groups excluding carboxylic acids is 1. The van der Waals surface area contributed by atoms with E-state index in [0.29, 0.717) is 29.3 Å². The summed E-state index contributed by atoms with van der Waals surface area (Å²) < 4.78 is 12.8. The van der Waals surface area contributed by atoms with E-state index in [2.05, 4.69) is 11.1 Å². The lowest BCUT2D eigenvalue weighted by Gasteiger charge is -2.29. The Morgan fingerprint density at radius 1 is 1.00 bits per heavy atom. The van der Waals surface area contributed by atoms with Gasteiger partial charge in [-0.1, -0.05) is 48.3 Å². The van der Waals surface area contributed by atoms with Gasteiger partial charge in [-0.2, -0.15) is 0 Å². The van der Waals surface area contributed by atoms with Crippen molar-refractivity contribution in [2.24, 2.45) is 5.92 Å². The van der Waals surface area contributed by atoms with Crippen molar-refractivity contribution < 1.29 is 39.8 Å². The molecular weight excluding hydrogens is 671 g/mol. The molecule has 5 rings (SSSR count). The Hall–Kier alpha value is -2.80. The second-order valence-corrected chi connectivity index (χ2v) is 14.2. The molecular formula is C37H46Cl2N2O8. The fourth-order valence-corrected chi connectivity index (χ4v) is 6.56. The summed E-state index contributed by atoms with van der Waals surface area (Å²) in [5.41, 5.74) is 4.27. The first-order valence-electron chi connectivity index (χ1n) is 16.8. The number of benzene rings is 2. The molecule has 2 aliphatic rings. The van der Waals surface area contributed by atoms with E-state index in [4.69, 9.17) is 37.8 Å². The van der Waals surface area contributed by atoms with E-state index in [-0.39, 0.29) is 31.1 Å². The number of pyridine rings is 1. The van der Waals surface area contributed by atoms with Crippen LogP contribution < -0.4 is 4.74 Å². The Morgan fingerprint density at radius 3 is 2.37 bits per heavy atom. The van der Waals surface area contributed by atoms with Gasteiger partial charge in [0.25, 0.3) is 0 Å². The Morgan fingerprint density at radius 2 is 1.67 bits per heavy atom. The molecule has 266 valence electrons. The summed E-state index contributed by atoms with van der Waals surface area (Å²) in [6.07, 6.45) is 3.03. The molecule has 0 saturated heterocycles. The maximum atomic E-state index is 12.9. The normalized spacial score (nSPS) is 18.3. The highest BCUT2D eigenvalue weighted by Crippen LogP contribution is 2.53. The number of aryl methyl sites for hydroxylation is 1. The lowest BCUT2D eigenvalue weighted by Crippen LogP contribution is -2.50. The molecule has 10 nitrogen and oxygen atoms in total. The number of carbonyl (C=O) groups is 1. The van der Waals surface area contributed by atoms with Gasteiger partial charge >= 0.3 is 0 Å². The van der Waals surface area contributed by atoms with Crippen molar-refractivity contribution in [3.05, 3.63) is 81.6 Å². The molecule has 5 N–H and O–H groups in total. The molecule has 2 fully saturated rings. The second kappa shape index (κ2) is 16.5.